The number of pyridine rings is 1. The van der Waals surface area contributed by atoms with E-state index in [-0.39, 0.29) is 6.04 Å². The summed E-state index contributed by atoms with van der Waals surface area (Å²) in [6.45, 7) is 5.70. The van der Waals surface area contributed by atoms with E-state index < -0.39 is 23.7 Å². The van der Waals surface area contributed by atoms with Crippen LogP contribution >= 0.6 is 0 Å². The monoisotopic (exact) mass is 576 g/mol. The number of hydrogen-bond acceptors (Lipinski definition) is 6. The standard InChI is InChI=1S/C30H34F2N8O2/c1-19-28(20-11-21-13-37(2)16-25(21)33-12-20)36-40(22-7-5-4-6-8-22)29(19)35-30(41)34-26-17-38(9-10-42-3)18-27(26)39-14-23(31)24(32)15-39/h4-8,11-12,14-15,26-27H,9-10,13,16-18H2,1-3H3,(H2,34,35,41). The summed E-state index contributed by atoms with van der Waals surface area (Å²) in [5, 5.41) is 11.0. The molecule has 2 N–H and O–H groups in total. The molecule has 220 valence electrons. The Morgan fingerprint density at radius 2 is 1.88 bits per heavy atom. The van der Waals surface area contributed by atoms with Gasteiger partial charge >= 0.3 is 6.03 Å². The molecule has 2 aliphatic rings. The average molecular weight is 577 g/mol. The van der Waals surface area contributed by atoms with E-state index in [1.165, 1.54) is 10.1 Å². The maximum Gasteiger partial charge on any atom is 0.320 e. The van der Waals surface area contributed by atoms with Crippen molar-refractivity contribution in [1.29, 1.82) is 0 Å². The van der Waals surface area contributed by atoms with Gasteiger partial charge in [-0.3, -0.25) is 20.1 Å². The van der Waals surface area contributed by atoms with Gasteiger partial charge in [0, 0.05) is 69.6 Å². The maximum atomic E-state index is 13.9. The van der Waals surface area contributed by atoms with Crippen LogP contribution in [0.25, 0.3) is 16.9 Å². The quantitative estimate of drug-likeness (QED) is 0.330. The van der Waals surface area contributed by atoms with E-state index in [4.69, 9.17) is 9.84 Å². The van der Waals surface area contributed by atoms with Crippen molar-refractivity contribution in [3.63, 3.8) is 0 Å². The molecule has 1 aromatic carbocycles. The van der Waals surface area contributed by atoms with Crippen molar-refractivity contribution >= 4 is 11.8 Å². The molecule has 0 bridgehead atoms. The molecule has 42 heavy (non-hydrogen) atoms. The van der Waals surface area contributed by atoms with Crippen molar-refractivity contribution in [1.82, 2.24) is 34.4 Å². The molecule has 0 aliphatic carbocycles. The summed E-state index contributed by atoms with van der Waals surface area (Å²) in [5.74, 6) is -1.32. The van der Waals surface area contributed by atoms with E-state index in [1.54, 1.807) is 11.8 Å². The number of para-hydroxylation sites is 1. The molecule has 2 unspecified atom stereocenters. The highest BCUT2D eigenvalue weighted by Gasteiger charge is 2.35. The Balaban J connectivity index is 1.28. The summed E-state index contributed by atoms with van der Waals surface area (Å²) in [4.78, 5) is 22.5. The highest BCUT2D eigenvalue weighted by Crippen LogP contribution is 2.33. The minimum Gasteiger partial charge on any atom is -0.383 e. The second-order valence-electron chi connectivity index (χ2n) is 11.0. The number of anilines is 1. The van der Waals surface area contributed by atoms with E-state index in [9.17, 15) is 13.6 Å². The maximum absolute atomic E-state index is 13.9. The van der Waals surface area contributed by atoms with Crippen LogP contribution in [-0.4, -0.2) is 81.6 Å². The fraction of sp³-hybridized carbons (Fsp3) is 0.367. The molecule has 2 amide bonds. The Labute approximate surface area is 242 Å². The number of urea groups is 1. The lowest BCUT2D eigenvalue weighted by atomic mass is 10.1. The van der Waals surface area contributed by atoms with Crippen LogP contribution < -0.4 is 10.6 Å². The number of aromatic nitrogens is 4. The number of halogens is 2. The van der Waals surface area contributed by atoms with Crippen LogP contribution in [0.3, 0.4) is 0 Å². The van der Waals surface area contributed by atoms with E-state index >= 15 is 0 Å². The Morgan fingerprint density at radius 3 is 2.62 bits per heavy atom. The molecular formula is C30H34F2N8O2. The summed E-state index contributed by atoms with van der Waals surface area (Å²) in [6, 6.07) is 10.5. The minimum atomic E-state index is -0.920. The van der Waals surface area contributed by atoms with E-state index in [2.05, 4.69) is 38.5 Å². The van der Waals surface area contributed by atoms with Gasteiger partial charge in [-0.1, -0.05) is 18.2 Å². The average Bonchev–Trinajstić information content (AvgIpc) is 3.72. The molecule has 0 saturated carbocycles. The van der Waals surface area contributed by atoms with Gasteiger partial charge in [-0.15, -0.1) is 0 Å². The van der Waals surface area contributed by atoms with Gasteiger partial charge in [0.2, 0.25) is 0 Å². The number of likely N-dealkylation sites (tertiary alicyclic amines) is 1. The zero-order chi connectivity index (χ0) is 29.4. The number of methoxy groups -OCH3 is 1. The molecular weight excluding hydrogens is 542 g/mol. The number of ether oxygens (including phenoxy) is 1. The molecule has 5 heterocycles. The van der Waals surface area contributed by atoms with Crippen molar-refractivity contribution in [2.24, 2.45) is 0 Å². The zero-order valence-corrected chi connectivity index (χ0v) is 23.8. The number of nitrogens with one attached hydrogen (secondary N) is 2. The highest BCUT2D eigenvalue weighted by atomic mass is 19.2. The molecule has 1 saturated heterocycles. The van der Waals surface area contributed by atoms with Gasteiger partial charge in [-0.25, -0.2) is 18.3 Å². The molecule has 4 aromatic rings. The van der Waals surface area contributed by atoms with Crippen molar-refractivity contribution in [3.05, 3.63) is 83.4 Å². The van der Waals surface area contributed by atoms with E-state index in [0.29, 0.717) is 32.1 Å². The number of amides is 2. The van der Waals surface area contributed by atoms with Gasteiger partial charge in [0.05, 0.1) is 35.8 Å². The normalized spacial score (nSPS) is 18.9. The molecule has 2 aliphatic heterocycles. The summed E-state index contributed by atoms with van der Waals surface area (Å²) in [5.41, 5.74) is 5.41. The van der Waals surface area contributed by atoms with Gasteiger partial charge in [0.15, 0.2) is 11.6 Å². The predicted octanol–water partition coefficient (Wildman–Crippen LogP) is 3.96. The number of fused-ring (bicyclic) bond motifs is 1. The third-order valence-electron chi connectivity index (χ3n) is 7.98. The van der Waals surface area contributed by atoms with Crippen LogP contribution in [0.15, 0.2) is 55.0 Å². The Bertz CT molecular complexity index is 1570. The molecule has 12 heteroatoms. The number of benzene rings is 1. The van der Waals surface area contributed by atoms with Crippen molar-refractivity contribution < 1.29 is 18.3 Å². The molecule has 1 fully saturated rings. The SMILES string of the molecule is COCCN1CC(NC(=O)Nc2c(C)c(-c3cnc4c(c3)CN(C)C4)nn2-c2ccccc2)C(n2cc(F)c(F)c2)C1. The Morgan fingerprint density at radius 1 is 1.12 bits per heavy atom. The van der Waals surface area contributed by atoms with Crippen LogP contribution in [0, 0.1) is 18.6 Å². The van der Waals surface area contributed by atoms with Crippen LogP contribution in [0.2, 0.25) is 0 Å². The van der Waals surface area contributed by atoms with Gasteiger partial charge in [-0.2, -0.15) is 5.10 Å². The molecule has 2 atom stereocenters. The van der Waals surface area contributed by atoms with Crippen LogP contribution in [0.1, 0.15) is 22.9 Å². The Hall–Kier alpha value is -4.13. The van der Waals surface area contributed by atoms with Crippen molar-refractivity contribution in [2.75, 3.05) is 45.7 Å². The second-order valence-corrected chi connectivity index (χ2v) is 11.0. The Kier molecular flexibility index (Phi) is 7.76. The third-order valence-corrected chi connectivity index (χ3v) is 7.98. The summed E-state index contributed by atoms with van der Waals surface area (Å²) < 4.78 is 36.3. The third kappa shape index (κ3) is 5.52. The molecule has 6 rings (SSSR count). The van der Waals surface area contributed by atoms with E-state index in [0.717, 1.165) is 53.7 Å². The molecule has 0 spiro atoms. The number of nitrogens with zero attached hydrogens (tertiary/aromatic N) is 6. The van der Waals surface area contributed by atoms with Gasteiger partial charge in [-0.05, 0) is 37.7 Å². The predicted molar refractivity (Wildman–Crippen MR) is 154 cm³/mol. The van der Waals surface area contributed by atoms with Gasteiger partial charge in [0.25, 0.3) is 0 Å². The first-order chi connectivity index (χ1) is 20.3. The molecule has 0 radical (unpaired) electrons. The number of hydrogen-bond donors (Lipinski definition) is 2. The summed E-state index contributed by atoms with van der Waals surface area (Å²) in [7, 11) is 3.68. The van der Waals surface area contributed by atoms with Crippen LogP contribution in [-0.2, 0) is 17.8 Å². The lowest BCUT2D eigenvalue weighted by Crippen LogP contribution is -2.43. The fourth-order valence-electron chi connectivity index (χ4n) is 5.86. The minimum absolute atomic E-state index is 0.363. The first-order valence-electron chi connectivity index (χ1n) is 13.9. The summed E-state index contributed by atoms with van der Waals surface area (Å²) in [6.07, 6.45) is 4.10. The fourth-order valence-corrected chi connectivity index (χ4v) is 5.86. The van der Waals surface area contributed by atoms with Crippen molar-refractivity contribution in [3.8, 4) is 16.9 Å². The molecule has 10 nitrogen and oxygen atoms in total. The number of carbonyl (C=O) groups is 1. The van der Waals surface area contributed by atoms with Crippen molar-refractivity contribution in [2.45, 2.75) is 32.1 Å². The van der Waals surface area contributed by atoms with E-state index in [1.807, 2.05) is 43.5 Å². The smallest absolute Gasteiger partial charge is 0.320 e. The zero-order valence-electron chi connectivity index (χ0n) is 23.8. The van der Waals surface area contributed by atoms with Gasteiger partial charge in [0.1, 0.15) is 5.82 Å². The second kappa shape index (κ2) is 11.6. The largest absolute Gasteiger partial charge is 0.383 e. The van der Waals surface area contributed by atoms with Crippen LogP contribution in [0.4, 0.5) is 19.4 Å². The number of carbonyl (C=O) groups excluding carboxylic acids is 1. The molecule has 3 aromatic heterocycles. The van der Waals surface area contributed by atoms with Gasteiger partial charge < -0.3 is 14.6 Å². The summed E-state index contributed by atoms with van der Waals surface area (Å²) >= 11 is 0. The lowest BCUT2D eigenvalue weighted by Gasteiger charge is -2.22. The highest BCUT2D eigenvalue weighted by molar-refractivity contribution is 5.91. The number of rotatable bonds is 8. The first kappa shape index (κ1) is 28.0. The lowest BCUT2D eigenvalue weighted by molar-refractivity contribution is 0.158. The van der Waals surface area contributed by atoms with Crippen LogP contribution in [0.5, 0.6) is 0 Å². The topological polar surface area (TPSA) is 92.5 Å². The first-order valence-corrected chi connectivity index (χ1v) is 13.9.